The van der Waals surface area contributed by atoms with E-state index < -0.39 is 17.2 Å². The summed E-state index contributed by atoms with van der Waals surface area (Å²) in [6, 6.07) is 17.9. The second-order valence-corrected chi connectivity index (χ2v) is 8.35. The number of fused-ring (bicyclic) bond motifs is 1. The third kappa shape index (κ3) is 5.01. The number of para-hydroxylation sites is 1. The van der Waals surface area contributed by atoms with E-state index in [2.05, 4.69) is 10.6 Å². The van der Waals surface area contributed by atoms with Crippen molar-refractivity contribution < 1.29 is 14.3 Å². The van der Waals surface area contributed by atoms with E-state index in [0.29, 0.717) is 27.7 Å². The fraction of sp³-hybridized carbons (Fsp3) is 0.154. The van der Waals surface area contributed by atoms with E-state index in [0.717, 1.165) is 10.1 Å². The molecule has 10 heteroatoms. The van der Waals surface area contributed by atoms with Crippen LogP contribution in [-0.4, -0.2) is 35.1 Å². The molecule has 1 aromatic heterocycles. The number of hydrogen-bond donors (Lipinski definition) is 2. The van der Waals surface area contributed by atoms with Crippen molar-refractivity contribution >= 4 is 40.0 Å². The molecule has 0 aliphatic heterocycles. The van der Waals surface area contributed by atoms with Crippen LogP contribution in [0.4, 0.5) is 5.69 Å². The van der Waals surface area contributed by atoms with Gasteiger partial charge in [-0.15, -0.1) is 0 Å². The Labute approximate surface area is 210 Å². The van der Waals surface area contributed by atoms with Gasteiger partial charge in [0.2, 0.25) is 11.8 Å². The highest BCUT2D eigenvalue weighted by Gasteiger charge is 2.17. The van der Waals surface area contributed by atoms with Gasteiger partial charge in [0.25, 0.3) is 5.56 Å². The van der Waals surface area contributed by atoms with E-state index in [1.807, 2.05) is 0 Å². The van der Waals surface area contributed by atoms with Crippen LogP contribution in [-0.2, 0) is 22.6 Å². The molecule has 1 heterocycles. The number of aromatic nitrogens is 2. The number of anilines is 1. The molecule has 0 bridgehead atoms. The van der Waals surface area contributed by atoms with Crippen molar-refractivity contribution in [3.8, 4) is 11.4 Å². The molecule has 0 aliphatic rings. The zero-order chi connectivity index (χ0) is 25.8. The maximum atomic E-state index is 13.5. The van der Waals surface area contributed by atoms with Gasteiger partial charge in [-0.2, -0.15) is 0 Å². The van der Waals surface area contributed by atoms with Gasteiger partial charge in [0.05, 0.1) is 35.1 Å². The van der Waals surface area contributed by atoms with E-state index in [9.17, 15) is 19.2 Å². The van der Waals surface area contributed by atoms with Crippen LogP contribution in [0.2, 0.25) is 5.02 Å². The number of ether oxygens (including phenoxy) is 1. The number of likely N-dealkylation sites (N-methyl/N-ethyl adjacent to an activating group) is 1. The summed E-state index contributed by atoms with van der Waals surface area (Å²) in [7, 11) is 3.04. The number of halogens is 1. The first kappa shape index (κ1) is 24.7. The normalized spacial score (nSPS) is 10.8. The Morgan fingerprint density at radius 2 is 1.69 bits per heavy atom. The lowest BCUT2D eigenvalue weighted by Gasteiger charge is -2.15. The Morgan fingerprint density at radius 3 is 2.36 bits per heavy atom. The van der Waals surface area contributed by atoms with Gasteiger partial charge in [0, 0.05) is 12.7 Å². The number of carbonyl (C=O) groups excluding carboxylic acids is 2. The molecule has 0 unspecified atom stereocenters. The van der Waals surface area contributed by atoms with Gasteiger partial charge >= 0.3 is 5.69 Å². The minimum Gasteiger partial charge on any atom is -0.495 e. The Hall–Kier alpha value is -4.37. The minimum absolute atomic E-state index is 0.155. The number of nitrogens with one attached hydrogen (secondary N) is 2. The summed E-state index contributed by atoms with van der Waals surface area (Å²) < 4.78 is 7.38. The average molecular weight is 507 g/mol. The van der Waals surface area contributed by atoms with Crippen LogP contribution in [0.15, 0.2) is 76.3 Å². The zero-order valence-corrected chi connectivity index (χ0v) is 20.3. The van der Waals surface area contributed by atoms with E-state index in [1.54, 1.807) is 73.8 Å². The molecular weight excluding hydrogens is 484 g/mol. The molecule has 184 valence electrons. The molecule has 36 heavy (non-hydrogen) atoms. The molecule has 2 N–H and O–H groups in total. The van der Waals surface area contributed by atoms with Crippen molar-refractivity contribution in [2.45, 2.75) is 13.0 Å². The van der Waals surface area contributed by atoms with Gasteiger partial charge < -0.3 is 15.4 Å². The maximum absolute atomic E-state index is 13.5. The highest BCUT2D eigenvalue weighted by atomic mass is 35.5. The highest BCUT2D eigenvalue weighted by Crippen LogP contribution is 2.27. The molecule has 0 fully saturated rings. The van der Waals surface area contributed by atoms with Gasteiger partial charge in [-0.1, -0.05) is 35.9 Å². The molecule has 4 aromatic rings. The van der Waals surface area contributed by atoms with Crippen LogP contribution in [0.25, 0.3) is 16.6 Å². The second kappa shape index (κ2) is 10.5. The number of amides is 2. The molecule has 9 nitrogen and oxygen atoms in total. The molecule has 3 aromatic carbocycles. The van der Waals surface area contributed by atoms with Gasteiger partial charge in [-0.25, -0.2) is 9.36 Å². The number of rotatable bonds is 7. The van der Waals surface area contributed by atoms with Gasteiger partial charge in [0.1, 0.15) is 12.3 Å². The monoisotopic (exact) mass is 506 g/mol. The molecule has 0 aliphatic carbocycles. The molecule has 0 atom stereocenters. The molecule has 0 radical (unpaired) electrons. The fourth-order valence-electron chi connectivity index (χ4n) is 3.83. The zero-order valence-electron chi connectivity index (χ0n) is 19.6. The van der Waals surface area contributed by atoms with E-state index in [4.69, 9.17) is 16.3 Å². The van der Waals surface area contributed by atoms with Gasteiger partial charge in [0.15, 0.2) is 0 Å². The smallest absolute Gasteiger partial charge is 0.336 e. The number of hydrogen-bond acceptors (Lipinski definition) is 5. The van der Waals surface area contributed by atoms with Crippen LogP contribution in [0, 0.1) is 0 Å². The van der Waals surface area contributed by atoms with Crippen LogP contribution in [0.5, 0.6) is 5.75 Å². The van der Waals surface area contributed by atoms with Crippen LogP contribution in [0.1, 0.15) is 5.56 Å². The van der Waals surface area contributed by atoms with Crippen molar-refractivity contribution in [3.63, 3.8) is 0 Å². The molecule has 4 rings (SSSR count). The Balaban J connectivity index is 1.72. The molecule has 2 amide bonds. The largest absolute Gasteiger partial charge is 0.495 e. The Kier molecular flexibility index (Phi) is 7.21. The summed E-state index contributed by atoms with van der Waals surface area (Å²) in [6.07, 6.45) is 0.170. The molecule has 0 saturated carbocycles. The minimum atomic E-state index is -0.666. The second-order valence-electron chi connectivity index (χ2n) is 7.94. The summed E-state index contributed by atoms with van der Waals surface area (Å²) in [5, 5.41) is 5.88. The van der Waals surface area contributed by atoms with Crippen molar-refractivity contribution in [1.82, 2.24) is 14.5 Å². The van der Waals surface area contributed by atoms with Crippen LogP contribution in [0.3, 0.4) is 0 Å². The average Bonchev–Trinajstić information content (AvgIpc) is 2.87. The molecule has 0 spiro atoms. The summed E-state index contributed by atoms with van der Waals surface area (Å²) in [5.74, 6) is -0.169. The van der Waals surface area contributed by atoms with Gasteiger partial charge in [-0.05, 0) is 48.0 Å². The standard InChI is InChI=1S/C26H23ClN4O5/c1-28-23(32)13-16-7-10-18(11-8-16)31-25(34)19-5-3-4-6-21(19)30(26(31)35)15-24(33)29-17-9-12-22(36-2)20(27)14-17/h3-12,14H,13,15H2,1-2H3,(H,28,32)(H,29,33). The first-order valence-electron chi connectivity index (χ1n) is 11.0. The summed E-state index contributed by atoms with van der Waals surface area (Å²) in [4.78, 5) is 51.3. The lowest BCUT2D eigenvalue weighted by molar-refractivity contribution is -0.120. The first-order valence-corrected chi connectivity index (χ1v) is 11.4. The fourth-order valence-corrected chi connectivity index (χ4v) is 4.08. The van der Waals surface area contributed by atoms with E-state index in [-0.39, 0.29) is 24.3 Å². The SMILES string of the molecule is CNC(=O)Cc1ccc(-n2c(=O)c3ccccc3n(CC(=O)Nc3ccc(OC)c(Cl)c3)c2=O)cc1. The first-order chi connectivity index (χ1) is 17.3. The lowest BCUT2D eigenvalue weighted by Crippen LogP contribution is -2.40. The number of benzene rings is 3. The van der Waals surface area contributed by atoms with Gasteiger partial charge in [-0.3, -0.25) is 19.0 Å². The number of methoxy groups -OCH3 is 1. The topological polar surface area (TPSA) is 111 Å². The van der Waals surface area contributed by atoms with Crippen molar-refractivity contribution in [2.75, 3.05) is 19.5 Å². The van der Waals surface area contributed by atoms with Crippen LogP contribution < -0.4 is 26.6 Å². The summed E-state index contributed by atoms with van der Waals surface area (Å²) in [6.45, 7) is -0.335. The van der Waals surface area contributed by atoms with Crippen LogP contribution >= 0.6 is 11.6 Å². The third-order valence-corrected chi connectivity index (χ3v) is 5.92. The van der Waals surface area contributed by atoms with E-state index in [1.165, 1.54) is 11.7 Å². The predicted octanol–water partition coefficient (Wildman–Crippen LogP) is 2.74. The van der Waals surface area contributed by atoms with E-state index >= 15 is 0 Å². The number of nitrogens with zero attached hydrogens (tertiary/aromatic N) is 2. The predicted molar refractivity (Wildman–Crippen MR) is 138 cm³/mol. The Bertz CT molecular complexity index is 1570. The Morgan fingerprint density at radius 1 is 0.972 bits per heavy atom. The summed E-state index contributed by atoms with van der Waals surface area (Å²) >= 11 is 6.14. The quantitative estimate of drug-likeness (QED) is 0.400. The molecule has 0 saturated heterocycles. The number of carbonyl (C=O) groups is 2. The highest BCUT2D eigenvalue weighted by molar-refractivity contribution is 6.32. The van der Waals surface area contributed by atoms with Crippen molar-refractivity contribution in [3.05, 3.63) is 98.2 Å². The lowest BCUT2D eigenvalue weighted by atomic mass is 10.1. The summed E-state index contributed by atoms with van der Waals surface area (Å²) in [5.41, 5.74) is 0.650. The maximum Gasteiger partial charge on any atom is 0.336 e. The third-order valence-electron chi connectivity index (χ3n) is 5.63. The van der Waals surface area contributed by atoms with Crippen molar-refractivity contribution in [1.29, 1.82) is 0 Å². The molecular formula is C26H23ClN4O5. The van der Waals surface area contributed by atoms with Crippen molar-refractivity contribution in [2.24, 2.45) is 0 Å².